The molecule has 0 radical (unpaired) electrons. The van der Waals surface area contributed by atoms with Crippen molar-refractivity contribution in [2.24, 2.45) is 0 Å². The summed E-state index contributed by atoms with van der Waals surface area (Å²) in [5.74, 6) is -10.3. The van der Waals surface area contributed by atoms with E-state index in [1.807, 2.05) is 0 Å². The van der Waals surface area contributed by atoms with Gasteiger partial charge in [-0.25, -0.2) is 17.2 Å². The summed E-state index contributed by atoms with van der Waals surface area (Å²) in [7, 11) is -5.73. The Morgan fingerprint density at radius 3 is 2.05 bits per heavy atom. The maximum absolute atomic E-state index is 13.6. The van der Waals surface area contributed by atoms with Crippen LogP contribution in [0.2, 0.25) is 0 Å². The molecule has 1 heterocycles. The second-order valence-electron chi connectivity index (χ2n) is 4.28. The van der Waals surface area contributed by atoms with Gasteiger partial charge in [0, 0.05) is 6.42 Å². The first-order valence-corrected chi connectivity index (χ1v) is 7.24. The second-order valence-corrected chi connectivity index (χ2v) is 5.60. The van der Waals surface area contributed by atoms with E-state index in [0.29, 0.717) is 12.8 Å². The van der Waals surface area contributed by atoms with Gasteiger partial charge in [0.15, 0.2) is 23.7 Å². The minimum Gasteiger partial charge on any atom is -0.744 e. The van der Waals surface area contributed by atoms with Crippen molar-refractivity contribution >= 4 is 10.1 Å². The number of benzene rings is 1. The maximum atomic E-state index is 13.6. The van der Waals surface area contributed by atoms with Crippen molar-refractivity contribution in [1.82, 2.24) is 0 Å². The lowest BCUT2D eigenvalue weighted by Crippen LogP contribution is -2.26. The van der Waals surface area contributed by atoms with Gasteiger partial charge in [-0.15, -0.1) is 0 Å². The molecule has 5 nitrogen and oxygen atoms in total. The Morgan fingerprint density at radius 2 is 1.62 bits per heavy atom. The first-order chi connectivity index (χ1) is 9.73. The predicted octanol–water partition coefficient (Wildman–Crippen LogP) is 2.05. The molecule has 2 rings (SSSR count). The van der Waals surface area contributed by atoms with Crippen molar-refractivity contribution in [2.75, 3.05) is 6.61 Å². The lowest BCUT2D eigenvalue weighted by Gasteiger charge is -2.24. The van der Waals surface area contributed by atoms with Gasteiger partial charge in [0.1, 0.15) is 15.0 Å². The Balaban J connectivity index is 2.48. The normalized spacial score (nSPS) is 19.6. The number of hydrogen-bond donors (Lipinski definition) is 0. The fraction of sp³-hybridized carbons (Fsp3) is 0.455. The van der Waals surface area contributed by atoms with Crippen molar-refractivity contribution in [1.29, 1.82) is 0 Å². The molecule has 0 aliphatic carbocycles. The lowest BCUT2D eigenvalue weighted by molar-refractivity contribution is -0.109. The molecule has 0 aromatic heterocycles. The summed E-state index contributed by atoms with van der Waals surface area (Å²) in [6, 6.07) is 0. The van der Waals surface area contributed by atoms with Crippen LogP contribution in [0, 0.1) is 23.3 Å². The van der Waals surface area contributed by atoms with Gasteiger partial charge in [0.25, 0.3) is 0 Å². The highest BCUT2D eigenvalue weighted by atomic mass is 32.2. The van der Waals surface area contributed by atoms with Crippen LogP contribution >= 0.6 is 0 Å². The summed E-state index contributed by atoms with van der Waals surface area (Å²) in [4.78, 5) is -2.21. The first kappa shape index (κ1) is 16.0. The van der Waals surface area contributed by atoms with Crippen LogP contribution in [0.5, 0.6) is 5.75 Å². The molecule has 1 saturated heterocycles. The van der Waals surface area contributed by atoms with Crippen LogP contribution in [0.25, 0.3) is 0 Å². The van der Waals surface area contributed by atoms with Gasteiger partial charge in [-0.2, -0.15) is 8.78 Å². The third-order valence-electron chi connectivity index (χ3n) is 2.82. The fourth-order valence-electron chi connectivity index (χ4n) is 1.85. The highest BCUT2D eigenvalue weighted by Crippen LogP contribution is 2.33. The molecule has 10 heteroatoms. The number of rotatable bonds is 3. The topological polar surface area (TPSA) is 75.7 Å². The van der Waals surface area contributed by atoms with Gasteiger partial charge in [-0.1, -0.05) is 0 Å². The molecule has 0 amide bonds. The van der Waals surface area contributed by atoms with Gasteiger partial charge in [0.05, 0.1) is 6.61 Å². The van der Waals surface area contributed by atoms with Crippen molar-refractivity contribution < 1.29 is 40.0 Å². The Kier molecular flexibility index (Phi) is 4.40. The van der Waals surface area contributed by atoms with E-state index >= 15 is 0 Å². The van der Waals surface area contributed by atoms with Gasteiger partial charge in [-0.3, -0.25) is 0 Å². The van der Waals surface area contributed by atoms with Crippen LogP contribution in [0.4, 0.5) is 17.6 Å². The molecule has 21 heavy (non-hydrogen) atoms. The lowest BCUT2D eigenvalue weighted by atomic mass is 10.2. The van der Waals surface area contributed by atoms with Crippen LogP contribution in [-0.4, -0.2) is 25.9 Å². The highest BCUT2D eigenvalue weighted by molar-refractivity contribution is 7.85. The first-order valence-electron chi connectivity index (χ1n) is 5.83. The number of halogens is 4. The van der Waals surface area contributed by atoms with Crippen LogP contribution < -0.4 is 4.74 Å². The molecule has 1 unspecified atom stereocenters. The third-order valence-corrected chi connectivity index (χ3v) is 3.68. The van der Waals surface area contributed by atoms with E-state index < -0.39 is 50.3 Å². The SMILES string of the molecule is O=S(=O)([O-])c1c(F)c(F)c(OC2CCCCO2)c(F)c1F. The minimum atomic E-state index is -5.73. The molecule has 1 aromatic carbocycles. The molecule has 1 aliphatic rings. The zero-order chi connectivity index (χ0) is 15.8. The predicted molar refractivity (Wildman–Crippen MR) is 58.5 cm³/mol. The molecule has 0 saturated carbocycles. The molecule has 0 bridgehead atoms. The van der Waals surface area contributed by atoms with Gasteiger partial charge in [-0.05, 0) is 12.8 Å². The molecule has 1 aromatic rings. The summed E-state index contributed by atoms with van der Waals surface area (Å²) in [5, 5.41) is 0. The Labute approximate surface area is 117 Å². The smallest absolute Gasteiger partial charge is 0.205 e. The number of ether oxygens (including phenoxy) is 2. The van der Waals surface area contributed by atoms with Crippen LogP contribution in [0.15, 0.2) is 4.90 Å². The molecule has 1 aliphatic heterocycles. The quantitative estimate of drug-likeness (QED) is 0.482. The van der Waals surface area contributed by atoms with Crippen LogP contribution in [0.1, 0.15) is 19.3 Å². The summed E-state index contributed by atoms with van der Waals surface area (Å²) < 4.78 is 95.8. The van der Waals surface area contributed by atoms with Gasteiger partial charge >= 0.3 is 0 Å². The van der Waals surface area contributed by atoms with Gasteiger partial charge in [0.2, 0.25) is 11.6 Å². The third kappa shape index (κ3) is 3.11. The van der Waals surface area contributed by atoms with E-state index in [4.69, 9.17) is 9.47 Å². The zero-order valence-corrected chi connectivity index (χ0v) is 11.2. The van der Waals surface area contributed by atoms with E-state index in [1.165, 1.54) is 0 Å². The molecule has 0 N–H and O–H groups in total. The molecular formula is C11H9F4O5S-. The summed E-state index contributed by atoms with van der Waals surface area (Å²) >= 11 is 0. The molecule has 1 atom stereocenters. The van der Waals surface area contributed by atoms with E-state index in [0.717, 1.165) is 0 Å². The Bertz CT molecular complexity index is 626. The average molecular weight is 329 g/mol. The van der Waals surface area contributed by atoms with E-state index in [-0.39, 0.29) is 13.0 Å². The van der Waals surface area contributed by atoms with Crippen molar-refractivity contribution in [3.63, 3.8) is 0 Å². The van der Waals surface area contributed by atoms with Crippen LogP contribution in [-0.2, 0) is 14.9 Å². The second kappa shape index (κ2) is 5.78. The Hall–Kier alpha value is -1.39. The van der Waals surface area contributed by atoms with Crippen molar-refractivity contribution in [3.8, 4) is 5.75 Å². The van der Waals surface area contributed by atoms with Crippen molar-refractivity contribution in [2.45, 2.75) is 30.4 Å². The van der Waals surface area contributed by atoms with E-state index in [1.54, 1.807) is 0 Å². The van der Waals surface area contributed by atoms with E-state index in [9.17, 15) is 30.5 Å². The summed E-state index contributed by atoms with van der Waals surface area (Å²) in [6.45, 7) is 0.242. The zero-order valence-electron chi connectivity index (χ0n) is 10.4. The fourth-order valence-corrected chi connectivity index (χ4v) is 2.47. The molecule has 118 valence electrons. The largest absolute Gasteiger partial charge is 0.744 e. The molecule has 0 spiro atoms. The van der Waals surface area contributed by atoms with E-state index in [2.05, 4.69) is 0 Å². The van der Waals surface area contributed by atoms with Crippen molar-refractivity contribution in [3.05, 3.63) is 23.3 Å². The van der Waals surface area contributed by atoms with Gasteiger partial charge < -0.3 is 14.0 Å². The molecular weight excluding hydrogens is 320 g/mol. The highest BCUT2D eigenvalue weighted by Gasteiger charge is 2.31. The Morgan fingerprint density at radius 1 is 1.05 bits per heavy atom. The minimum absolute atomic E-state index is 0.240. The molecule has 1 fully saturated rings. The maximum Gasteiger partial charge on any atom is 0.205 e. The summed E-state index contributed by atoms with van der Waals surface area (Å²) in [6.07, 6.45) is 0.438. The monoisotopic (exact) mass is 329 g/mol. The standard InChI is InChI=1S/C11H10F4O5S/c12-6-8(14)11(21(16,17)18)9(15)7(13)10(6)20-5-3-1-2-4-19-5/h5H,1-4H2,(H,16,17,18)/p-1. The summed E-state index contributed by atoms with van der Waals surface area (Å²) in [5.41, 5.74) is 0. The number of hydrogen-bond acceptors (Lipinski definition) is 5. The average Bonchev–Trinajstić information content (AvgIpc) is 2.41. The van der Waals surface area contributed by atoms with Crippen LogP contribution in [0.3, 0.4) is 0 Å².